The maximum atomic E-state index is 13.8. The van der Waals surface area contributed by atoms with Gasteiger partial charge in [0.2, 0.25) is 11.8 Å². The summed E-state index contributed by atoms with van der Waals surface area (Å²) in [7, 11) is -2.40. The molecule has 1 atom stereocenters. The van der Waals surface area contributed by atoms with Gasteiger partial charge in [-0.25, -0.2) is 13.2 Å². The normalized spacial score (nSPS) is 25.9. The predicted octanol–water partition coefficient (Wildman–Crippen LogP) is 1.50. The lowest BCUT2D eigenvalue weighted by molar-refractivity contribution is -0.143. The van der Waals surface area contributed by atoms with Crippen molar-refractivity contribution in [3.8, 4) is 0 Å². The highest BCUT2D eigenvalue weighted by atomic mass is 35.5. The molecule has 4 amide bonds. The van der Waals surface area contributed by atoms with Crippen LogP contribution in [0.5, 0.6) is 0 Å². The second-order valence-corrected chi connectivity index (χ2v) is 12.9. The summed E-state index contributed by atoms with van der Waals surface area (Å²) in [4.78, 5) is 49.1. The minimum atomic E-state index is -4.08. The lowest BCUT2D eigenvalue weighted by Crippen LogP contribution is -2.68. The van der Waals surface area contributed by atoms with Gasteiger partial charge in [-0.2, -0.15) is 4.31 Å². The number of carbonyl (C=O) groups excluding carboxylic acids is 3. The third kappa shape index (κ3) is 3.41. The molecule has 1 N–H and O–H groups in total. The van der Waals surface area contributed by atoms with Crippen molar-refractivity contribution in [3.63, 3.8) is 0 Å². The number of urea groups is 1. The highest BCUT2D eigenvalue weighted by molar-refractivity contribution is 7.89. The van der Waals surface area contributed by atoms with Crippen LogP contribution in [0.15, 0.2) is 29.3 Å². The molecule has 0 aliphatic carbocycles. The van der Waals surface area contributed by atoms with Crippen LogP contribution in [-0.2, 0) is 19.6 Å². The van der Waals surface area contributed by atoms with Gasteiger partial charge in [0.05, 0.1) is 25.2 Å². The summed E-state index contributed by atoms with van der Waals surface area (Å²) >= 11 is 6.07. The SMILES string of the molecule is CCC(=O)N1CCC2(CC1)CN1C(=O)CN(S(=O)(=O)c3cc4ccc(Cl)cc4[nH]3)CC13CN(C)C(=O)N23. The first-order valence-corrected chi connectivity index (χ1v) is 14.2. The van der Waals surface area contributed by atoms with Crippen molar-refractivity contribution in [2.45, 2.75) is 42.4 Å². The summed E-state index contributed by atoms with van der Waals surface area (Å²) in [6.07, 6.45) is 1.50. The Bertz CT molecular complexity index is 1430. The van der Waals surface area contributed by atoms with E-state index in [9.17, 15) is 22.8 Å². The molecule has 4 fully saturated rings. The van der Waals surface area contributed by atoms with Gasteiger partial charge >= 0.3 is 6.03 Å². The Kier molecular flexibility index (Phi) is 5.35. The summed E-state index contributed by atoms with van der Waals surface area (Å²) < 4.78 is 28.7. The van der Waals surface area contributed by atoms with Gasteiger partial charge < -0.3 is 19.7 Å². The Morgan fingerprint density at radius 3 is 2.54 bits per heavy atom. The van der Waals surface area contributed by atoms with E-state index in [1.165, 1.54) is 10.4 Å². The number of aromatic amines is 1. The second kappa shape index (κ2) is 8.08. The Morgan fingerprint density at radius 2 is 1.84 bits per heavy atom. The molecule has 1 aromatic carbocycles. The lowest BCUT2D eigenvalue weighted by Gasteiger charge is -2.47. The van der Waals surface area contributed by atoms with Gasteiger partial charge in [0, 0.05) is 49.0 Å². The first-order valence-electron chi connectivity index (χ1n) is 12.4. The third-order valence-corrected chi connectivity index (χ3v) is 10.4. The number of halogens is 1. The summed E-state index contributed by atoms with van der Waals surface area (Å²) in [5.74, 6) is -0.260. The van der Waals surface area contributed by atoms with E-state index in [0.29, 0.717) is 54.8 Å². The Labute approximate surface area is 219 Å². The molecule has 5 heterocycles. The zero-order valence-electron chi connectivity index (χ0n) is 20.7. The fraction of sp³-hybridized carbons (Fsp3) is 0.542. The van der Waals surface area contributed by atoms with Crippen LogP contribution >= 0.6 is 11.6 Å². The van der Waals surface area contributed by atoms with E-state index in [0.717, 1.165) is 0 Å². The van der Waals surface area contributed by atoms with E-state index in [-0.39, 0.29) is 42.5 Å². The van der Waals surface area contributed by atoms with Crippen LogP contribution in [0.1, 0.15) is 26.2 Å². The highest BCUT2D eigenvalue weighted by Gasteiger charge is 2.69. The van der Waals surface area contributed by atoms with Crippen LogP contribution in [-0.4, -0.2) is 113 Å². The number of hydrogen-bond donors (Lipinski definition) is 1. The van der Waals surface area contributed by atoms with Crippen LogP contribution in [0.4, 0.5) is 4.79 Å². The molecule has 11 nitrogen and oxygen atoms in total. The van der Waals surface area contributed by atoms with E-state index in [1.54, 1.807) is 44.8 Å². The summed E-state index contributed by atoms with van der Waals surface area (Å²) in [5.41, 5.74) is -1.15. The minimum absolute atomic E-state index is 0.0212. The molecule has 4 saturated heterocycles. The van der Waals surface area contributed by atoms with E-state index >= 15 is 0 Å². The number of H-pyrrole nitrogens is 1. The number of likely N-dealkylation sites (tertiary alicyclic amines) is 1. The Balaban J connectivity index is 1.36. The molecule has 13 heteroatoms. The molecular weight excluding hydrogens is 520 g/mol. The van der Waals surface area contributed by atoms with Crippen LogP contribution in [0, 0.1) is 0 Å². The second-order valence-electron chi connectivity index (χ2n) is 10.5. The van der Waals surface area contributed by atoms with Gasteiger partial charge in [0.15, 0.2) is 5.66 Å². The number of carbonyl (C=O) groups is 3. The van der Waals surface area contributed by atoms with Gasteiger partial charge in [-0.15, -0.1) is 0 Å². The number of nitrogens with zero attached hydrogens (tertiary/aromatic N) is 5. The van der Waals surface area contributed by atoms with Gasteiger partial charge in [0.1, 0.15) is 5.03 Å². The maximum absolute atomic E-state index is 13.8. The zero-order valence-corrected chi connectivity index (χ0v) is 22.3. The Morgan fingerprint density at radius 1 is 1.11 bits per heavy atom. The van der Waals surface area contributed by atoms with Crippen molar-refractivity contribution in [2.75, 3.05) is 46.3 Å². The first kappa shape index (κ1) is 24.5. The average Bonchev–Trinajstić information content (AvgIpc) is 3.48. The van der Waals surface area contributed by atoms with Crippen LogP contribution in [0.2, 0.25) is 5.02 Å². The fourth-order valence-corrected chi connectivity index (χ4v) is 8.25. The number of rotatable bonds is 3. The first-order chi connectivity index (χ1) is 17.5. The van der Waals surface area contributed by atoms with E-state index in [4.69, 9.17) is 11.6 Å². The molecule has 1 aromatic heterocycles. The summed E-state index contributed by atoms with van der Waals surface area (Å²) in [6.45, 7) is 3.06. The van der Waals surface area contributed by atoms with Crippen LogP contribution in [0.3, 0.4) is 0 Å². The number of hydrogen-bond acceptors (Lipinski definition) is 5. The lowest BCUT2D eigenvalue weighted by atomic mass is 9.86. The molecule has 0 radical (unpaired) electrons. The van der Waals surface area contributed by atoms with E-state index in [1.807, 2.05) is 6.92 Å². The molecule has 1 unspecified atom stereocenters. The van der Waals surface area contributed by atoms with Crippen LogP contribution in [0.25, 0.3) is 10.9 Å². The largest absolute Gasteiger partial charge is 0.344 e. The van der Waals surface area contributed by atoms with Gasteiger partial charge in [-0.05, 0) is 31.0 Å². The monoisotopic (exact) mass is 548 g/mol. The van der Waals surface area contributed by atoms with Crippen molar-refractivity contribution >= 4 is 50.4 Å². The predicted molar refractivity (Wildman–Crippen MR) is 135 cm³/mol. The molecular formula is C24H29ClN6O5S. The highest BCUT2D eigenvalue weighted by Crippen LogP contribution is 2.49. The average molecular weight is 549 g/mol. The van der Waals surface area contributed by atoms with Crippen molar-refractivity contribution in [2.24, 2.45) is 0 Å². The van der Waals surface area contributed by atoms with Gasteiger partial charge in [-0.3, -0.25) is 14.5 Å². The van der Waals surface area contributed by atoms with E-state index in [2.05, 4.69) is 4.98 Å². The van der Waals surface area contributed by atoms with Gasteiger partial charge in [0.25, 0.3) is 10.0 Å². The van der Waals surface area contributed by atoms with Crippen molar-refractivity contribution in [1.29, 1.82) is 0 Å². The molecule has 2 spiro atoms. The molecule has 4 aliphatic heterocycles. The van der Waals surface area contributed by atoms with E-state index < -0.39 is 21.2 Å². The van der Waals surface area contributed by atoms with Gasteiger partial charge in [-0.1, -0.05) is 24.6 Å². The molecule has 0 bridgehead atoms. The topological polar surface area (TPSA) is 117 Å². The smallest absolute Gasteiger partial charge is 0.322 e. The molecule has 0 saturated carbocycles. The van der Waals surface area contributed by atoms with Crippen molar-refractivity contribution in [1.82, 2.24) is 28.9 Å². The maximum Gasteiger partial charge on any atom is 0.322 e. The zero-order chi connectivity index (χ0) is 26.3. The Hall–Kier alpha value is -2.83. The van der Waals surface area contributed by atoms with Crippen molar-refractivity contribution in [3.05, 3.63) is 29.3 Å². The molecule has 2 aromatic rings. The molecule has 37 heavy (non-hydrogen) atoms. The van der Waals surface area contributed by atoms with Crippen molar-refractivity contribution < 1.29 is 22.8 Å². The number of likely N-dealkylation sites (N-methyl/N-ethyl adjacent to an activating group) is 1. The summed E-state index contributed by atoms with van der Waals surface area (Å²) in [6, 6.07) is 6.39. The number of amides is 4. The molecule has 198 valence electrons. The number of sulfonamides is 1. The molecule has 4 aliphatic rings. The fourth-order valence-electron chi connectivity index (χ4n) is 6.63. The van der Waals surface area contributed by atoms with Crippen LogP contribution < -0.4 is 0 Å². The number of fused-ring (bicyclic) bond motifs is 2. The quantitative estimate of drug-likeness (QED) is 0.624. The number of benzene rings is 1. The number of piperidine rings is 1. The standard InChI is InChI=1S/C24H29ClN6O5S/c1-3-20(32)28-8-6-23(7-9-28)13-30-21(33)12-29(15-24(30)14-27(2)22(34)31(23)24)37(35,36)19-10-16-4-5-17(25)11-18(16)26-19/h4-5,10-11,26H,3,6-9,12-15H2,1-2H3. The summed E-state index contributed by atoms with van der Waals surface area (Å²) in [5, 5.41) is 1.15. The number of nitrogens with one attached hydrogen (secondary N) is 1. The third-order valence-electron chi connectivity index (χ3n) is 8.42. The number of piperazine rings is 1. The minimum Gasteiger partial charge on any atom is -0.344 e. The number of aromatic nitrogens is 1. The molecule has 6 rings (SSSR count).